The van der Waals surface area contributed by atoms with Gasteiger partial charge in [-0.15, -0.1) is 0 Å². The number of pyridine rings is 1. The van der Waals surface area contributed by atoms with E-state index in [0.29, 0.717) is 24.8 Å². The number of carbonyl (C=O) groups excluding carboxylic acids is 3. The number of hydrogen-bond donors (Lipinski definition) is 3. The lowest BCUT2D eigenvalue weighted by Gasteiger charge is -2.36. The number of aromatic nitrogens is 1. The van der Waals surface area contributed by atoms with Gasteiger partial charge in [0.15, 0.2) is 6.29 Å². The molecule has 0 fully saturated rings. The molecule has 2 unspecified atom stereocenters. The quantitative estimate of drug-likeness (QED) is 0.176. The molecule has 2 aromatic carbocycles. The number of nitrogens with zero attached hydrogens (tertiary/aromatic N) is 3. The second-order valence-corrected chi connectivity index (χ2v) is 10.5. The summed E-state index contributed by atoms with van der Waals surface area (Å²) in [6, 6.07) is 14.9. The molecule has 0 aliphatic heterocycles. The number of para-hydroxylation sites is 1. The van der Waals surface area contributed by atoms with Crippen LogP contribution < -0.4 is 16.1 Å². The number of hydrogen-bond acceptors (Lipinski definition) is 7. The van der Waals surface area contributed by atoms with E-state index in [4.69, 9.17) is 21.1 Å². The highest BCUT2D eigenvalue weighted by atomic mass is 35.5. The third kappa shape index (κ3) is 10.2. The van der Waals surface area contributed by atoms with Crippen molar-refractivity contribution in [3.63, 3.8) is 0 Å². The second kappa shape index (κ2) is 16.8. The molecule has 0 spiro atoms. The molecule has 0 saturated carbocycles. The highest BCUT2D eigenvalue weighted by molar-refractivity contribution is 6.30. The number of hydrazine groups is 1. The summed E-state index contributed by atoms with van der Waals surface area (Å²) in [6.07, 6.45) is 1.06. The van der Waals surface area contributed by atoms with Crippen LogP contribution in [-0.4, -0.2) is 77.9 Å². The average Bonchev–Trinajstić information content (AvgIpc) is 2.98. The predicted octanol–water partition coefficient (Wildman–Crippen LogP) is 3.86. The van der Waals surface area contributed by atoms with Crippen molar-refractivity contribution in [1.82, 2.24) is 31.0 Å². The predicted molar refractivity (Wildman–Crippen MR) is 166 cm³/mol. The normalized spacial score (nSPS) is 12.7. The summed E-state index contributed by atoms with van der Waals surface area (Å²) >= 11 is 5.89. The molecule has 1 aromatic heterocycles. The van der Waals surface area contributed by atoms with Crippen LogP contribution in [-0.2, 0) is 32.2 Å². The highest BCUT2D eigenvalue weighted by Crippen LogP contribution is 2.21. The number of likely N-dealkylation sites (N-methyl/N-ethyl adjacent to an activating group) is 1. The van der Waals surface area contributed by atoms with Gasteiger partial charge in [0, 0.05) is 50.0 Å². The van der Waals surface area contributed by atoms with Gasteiger partial charge in [0.1, 0.15) is 6.04 Å². The Kier molecular flexibility index (Phi) is 13.1. The van der Waals surface area contributed by atoms with Crippen molar-refractivity contribution < 1.29 is 23.9 Å². The summed E-state index contributed by atoms with van der Waals surface area (Å²) in [5, 5.41) is 8.38. The molecule has 0 saturated heterocycles. The van der Waals surface area contributed by atoms with E-state index in [1.165, 1.54) is 5.01 Å². The zero-order valence-electron chi connectivity index (χ0n) is 25.3. The van der Waals surface area contributed by atoms with Gasteiger partial charge >= 0.3 is 6.03 Å². The van der Waals surface area contributed by atoms with Gasteiger partial charge in [-0.25, -0.2) is 9.80 Å². The van der Waals surface area contributed by atoms with Crippen LogP contribution in [0.3, 0.4) is 0 Å². The fraction of sp³-hybridized carbons (Fsp3) is 0.419. The van der Waals surface area contributed by atoms with Crippen molar-refractivity contribution in [2.75, 3.05) is 26.8 Å². The minimum atomic E-state index is -0.867. The van der Waals surface area contributed by atoms with Crippen LogP contribution in [0.4, 0.5) is 4.79 Å². The molecule has 0 bridgehead atoms. The van der Waals surface area contributed by atoms with Crippen LogP contribution in [0.15, 0.2) is 60.8 Å². The Morgan fingerprint density at radius 1 is 0.977 bits per heavy atom. The van der Waals surface area contributed by atoms with Crippen molar-refractivity contribution in [2.24, 2.45) is 0 Å². The molecule has 4 amide bonds. The van der Waals surface area contributed by atoms with Gasteiger partial charge in [-0.2, -0.15) is 0 Å². The number of nitrogens with one attached hydrogen (secondary N) is 3. The van der Waals surface area contributed by atoms with Crippen LogP contribution in [0.5, 0.6) is 0 Å². The van der Waals surface area contributed by atoms with Crippen molar-refractivity contribution in [3.05, 3.63) is 76.9 Å². The number of amides is 4. The fourth-order valence-electron chi connectivity index (χ4n) is 4.55. The maximum Gasteiger partial charge on any atom is 0.329 e. The van der Waals surface area contributed by atoms with Crippen LogP contribution >= 0.6 is 11.6 Å². The molecule has 1 heterocycles. The standard InChI is InChI=1S/C31H41ClN6O5/c1-6-42-30(43-7-2)22(4)38(19-25-11-8-10-24-12-9-17-33-28(24)25)29(40)21(3)35-27(39)20-37(5)36-31(41)34-18-23-13-15-26(32)16-14-23/h8-17,21-22,30H,6-7,18-20H2,1-5H3,(H,35,39)(H2,34,36,41). The zero-order valence-corrected chi connectivity index (χ0v) is 26.1. The molecule has 11 nitrogen and oxygen atoms in total. The third-order valence-corrected chi connectivity index (χ3v) is 6.93. The summed E-state index contributed by atoms with van der Waals surface area (Å²) in [4.78, 5) is 45.2. The Morgan fingerprint density at radius 2 is 1.65 bits per heavy atom. The van der Waals surface area contributed by atoms with E-state index in [2.05, 4.69) is 21.0 Å². The topological polar surface area (TPSA) is 125 Å². The van der Waals surface area contributed by atoms with Crippen LogP contribution in [0.25, 0.3) is 10.9 Å². The zero-order chi connectivity index (χ0) is 31.4. The third-order valence-electron chi connectivity index (χ3n) is 6.67. The Balaban J connectivity index is 1.65. The van der Waals surface area contributed by atoms with Crippen LogP contribution in [0.2, 0.25) is 5.02 Å². The Morgan fingerprint density at radius 3 is 2.33 bits per heavy atom. The Labute approximate surface area is 257 Å². The summed E-state index contributed by atoms with van der Waals surface area (Å²) in [7, 11) is 1.56. The van der Waals surface area contributed by atoms with E-state index in [0.717, 1.165) is 22.0 Å². The van der Waals surface area contributed by atoms with Crippen LogP contribution in [0.1, 0.15) is 38.8 Å². The van der Waals surface area contributed by atoms with Gasteiger partial charge in [-0.05, 0) is 57.0 Å². The first kappa shape index (κ1) is 33.7. The molecule has 2 atom stereocenters. The maximum atomic E-state index is 13.9. The largest absolute Gasteiger partial charge is 0.351 e. The molecular formula is C31H41ClN6O5. The van der Waals surface area contributed by atoms with E-state index >= 15 is 0 Å². The minimum Gasteiger partial charge on any atom is -0.351 e. The Bertz CT molecular complexity index is 1350. The van der Waals surface area contributed by atoms with E-state index in [1.807, 2.05) is 63.2 Å². The second-order valence-electron chi connectivity index (χ2n) is 10.0. The lowest BCUT2D eigenvalue weighted by molar-refractivity contribution is -0.179. The van der Waals surface area contributed by atoms with Gasteiger partial charge in [0.05, 0.1) is 18.1 Å². The molecule has 12 heteroatoms. The highest BCUT2D eigenvalue weighted by Gasteiger charge is 2.32. The maximum absolute atomic E-state index is 13.9. The van der Waals surface area contributed by atoms with E-state index in [1.54, 1.807) is 37.2 Å². The summed E-state index contributed by atoms with van der Waals surface area (Å²) in [6.45, 7) is 8.40. The van der Waals surface area contributed by atoms with E-state index in [9.17, 15) is 14.4 Å². The smallest absolute Gasteiger partial charge is 0.329 e. The fourth-order valence-corrected chi connectivity index (χ4v) is 4.68. The number of fused-ring (bicyclic) bond motifs is 1. The molecule has 43 heavy (non-hydrogen) atoms. The first-order valence-electron chi connectivity index (χ1n) is 14.3. The summed E-state index contributed by atoms with van der Waals surface area (Å²) in [5.41, 5.74) is 5.11. The molecule has 0 radical (unpaired) electrons. The first-order chi connectivity index (χ1) is 20.6. The Hall–Kier alpha value is -3.77. The van der Waals surface area contributed by atoms with E-state index in [-0.39, 0.29) is 19.0 Å². The van der Waals surface area contributed by atoms with Gasteiger partial charge in [0.25, 0.3) is 0 Å². The summed E-state index contributed by atoms with van der Waals surface area (Å²) in [5.74, 6) is -0.749. The monoisotopic (exact) mass is 612 g/mol. The lowest BCUT2D eigenvalue weighted by atomic mass is 10.1. The molecule has 3 N–H and O–H groups in total. The molecule has 232 valence electrons. The van der Waals surface area contributed by atoms with Crippen molar-refractivity contribution >= 4 is 40.3 Å². The van der Waals surface area contributed by atoms with E-state index < -0.39 is 30.3 Å². The number of halogens is 1. The summed E-state index contributed by atoms with van der Waals surface area (Å²) < 4.78 is 11.7. The molecule has 0 aliphatic rings. The van der Waals surface area contributed by atoms with Gasteiger partial charge in [0.2, 0.25) is 11.8 Å². The minimum absolute atomic E-state index is 0.171. The average molecular weight is 613 g/mol. The number of ether oxygens (including phenoxy) is 2. The molecule has 0 aliphatic carbocycles. The number of benzene rings is 2. The lowest BCUT2D eigenvalue weighted by Crippen LogP contribution is -2.55. The van der Waals surface area contributed by atoms with Gasteiger partial charge in [-0.1, -0.05) is 48.0 Å². The van der Waals surface area contributed by atoms with Gasteiger partial charge < -0.3 is 25.0 Å². The molecular weight excluding hydrogens is 572 g/mol. The molecule has 3 aromatic rings. The first-order valence-corrected chi connectivity index (χ1v) is 14.7. The van der Waals surface area contributed by atoms with Gasteiger partial charge in [-0.3, -0.25) is 20.0 Å². The SMILES string of the molecule is CCOC(OCC)C(C)N(Cc1cccc2cccnc12)C(=O)C(C)NC(=O)CN(C)NC(=O)NCc1ccc(Cl)cc1. The van der Waals surface area contributed by atoms with Crippen molar-refractivity contribution in [2.45, 2.75) is 59.2 Å². The molecule has 3 rings (SSSR count). The van der Waals surface area contributed by atoms with Crippen LogP contribution in [0, 0.1) is 0 Å². The number of urea groups is 1. The number of rotatable bonds is 15. The van der Waals surface area contributed by atoms with Crippen molar-refractivity contribution in [3.8, 4) is 0 Å². The number of carbonyl (C=O) groups is 3. The van der Waals surface area contributed by atoms with Crippen molar-refractivity contribution in [1.29, 1.82) is 0 Å².